The fraction of sp³-hybridized carbons (Fsp3) is 0.333. The molecule has 1 amide bonds. The molecular formula is C24H26Cl2N2O3. The fourth-order valence-electron chi connectivity index (χ4n) is 3.94. The molecule has 0 bridgehead atoms. The average Bonchev–Trinajstić information content (AvgIpc) is 3.11. The van der Waals surface area contributed by atoms with Crippen molar-refractivity contribution in [2.45, 2.75) is 34.6 Å². The summed E-state index contributed by atoms with van der Waals surface area (Å²) >= 11 is 12.7. The molecule has 5 nitrogen and oxygen atoms in total. The number of halogens is 2. The van der Waals surface area contributed by atoms with Gasteiger partial charge in [-0.3, -0.25) is 4.79 Å². The van der Waals surface area contributed by atoms with E-state index in [1.54, 1.807) is 24.0 Å². The molecule has 0 radical (unpaired) electrons. The lowest BCUT2D eigenvalue weighted by atomic mass is 10.0. The molecule has 1 aromatic heterocycles. The van der Waals surface area contributed by atoms with Crippen LogP contribution in [0.2, 0.25) is 10.0 Å². The molecule has 3 rings (SSSR count). The lowest BCUT2D eigenvalue weighted by Crippen LogP contribution is -2.28. The maximum absolute atomic E-state index is 13.2. The molecule has 31 heavy (non-hydrogen) atoms. The quantitative estimate of drug-likeness (QED) is 0.422. The van der Waals surface area contributed by atoms with Crippen molar-refractivity contribution in [2.24, 2.45) is 5.92 Å². The van der Waals surface area contributed by atoms with E-state index in [1.165, 1.54) is 7.11 Å². The summed E-state index contributed by atoms with van der Waals surface area (Å²) < 4.78 is 6.96. The highest BCUT2D eigenvalue weighted by Gasteiger charge is 2.37. The summed E-state index contributed by atoms with van der Waals surface area (Å²) in [7, 11) is 1.32. The zero-order valence-electron chi connectivity index (χ0n) is 18.5. The molecule has 0 spiro atoms. The van der Waals surface area contributed by atoms with Crippen molar-refractivity contribution in [1.29, 1.82) is 0 Å². The highest BCUT2D eigenvalue weighted by Crippen LogP contribution is 2.35. The average molecular weight is 461 g/mol. The van der Waals surface area contributed by atoms with Crippen molar-refractivity contribution in [3.8, 4) is 5.69 Å². The predicted octanol–water partition coefficient (Wildman–Crippen LogP) is 5.73. The van der Waals surface area contributed by atoms with Crippen LogP contribution in [-0.2, 0) is 14.3 Å². The Morgan fingerprint density at radius 2 is 1.87 bits per heavy atom. The number of ether oxygens (including phenoxy) is 1. The summed E-state index contributed by atoms with van der Waals surface area (Å²) in [6, 6.07) is 7.43. The highest BCUT2D eigenvalue weighted by molar-refractivity contribution is 6.43. The van der Waals surface area contributed by atoms with Crippen LogP contribution in [0.3, 0.4) is 0 Å². The van der Waals surface area contributed by atoms with E-state index in [2.05, 4.69) is 0 Å². The zero-order chi connectivity index (χ0) is 23.0. The van der Waals surface area contributed by atoms with Gasteiger partial charge in [-0.2, -0.15) is 0 Å². The fourth-order valence-corrected chi connectivity index (χ4v) is 4.32. The van der Waals surface area contributed by atoms with Gasteiger partial charge in [0.25, 0.3) is 5.91 Å². The van der Waals surface area contributed by atoms with Crippen molar-refractivity contribution in [1.82, 2.24) is 9.47 Å². The number of aryl methyl sites for hydroxylation is 1. The first-order valence-electron chi connectivity index (χ1n) is 10.0. The van der Waals surface area contributed by atoms with Gasteiger partial charge in [0.15, 0.2) is 0 Å². The van der Waals surface area contributed by atoms with Gasteiger partial charge >= 0.3 is 5.97 Å². The topological polar surface area (TPSA) is 51.5 Å². The Morgan fingerprint density at radius 3 is 2.48 bits per heavy atom. The first-order valence-corrected chi connectivity index (χ1v) is 10.8. The van der Waals surface area contributed by atoms with E-state index < -0.39 is 5.97 Å². The maximum Gasteiger partial charge on any atom is 0.340 e. The van der Waals surface area contributed by atoms with Gasteiger partial charge in [0.2, 0.25) is 0 Å². The second-order valence-electron chi connectivity index (χ2n) is 8.05. The Kier molecular flexibility index (Phi) is 6.68. The molecule has 2 heterocycles. The molecule has 0 unspecified atom stereocenters. The minimum Gasteiger partial charge on any atom is -0.465 e. The second-order valence-corrected chi connectivity index (χ2v) is 8.84. The number of allylic oxidation sites excluding steroid dienone is 1. The normalized spacial score (nSPS) is 15.6. The minimum absolute atomic E-state index is 0.197. The second kappa shape index (κ2) is 8.93. The van der Waals surface area contributed by atoms with E-state index in [9.17, 15) is 9.59 Å². The number of carbonyl (C=O) groups is 2. The highest BCUT2D eigenvalue weighted by atomic mass is 35.5. The Labute approximate surface area is 192 Å². The SMILES string of the molecule is COC(=O)C1=C(C)N(CC(C)C)C(=O)C1=Cc1cc(C)n(-c2cccc(Cl)c2Cl)c1C. The summed E-state index contributed by atoms with van der Waals surface area (Å²) in [4.78, 5) is 27.4. The summed E-state index contributed by atoms with van der Waals surface area (Å²) in [6.45, 7) is 10.3. The van der Waals surface area contributed by atoms with Crippen LogP contribution in [0.25, 0.3) is 11.8 Å². The number of hydrogen-bond donors (Lipinski definition) is 0. The van der Waals surface area contributed by atoms with Gasteiger partial charge in [-0.05, 0) is 56.5 Å². The number of aromatic nitrogens is 1. The molecule has 0 saturated heterocycles. The first kappa shape index (κ1) is 23.2. The molecule has 0 N–H and O–H groups in total. The molecule has 7 heteroatoms. The Hall–Kier alpha value is -2.50. The smallest absolute Gasteiger partial charge is 0.340 e. The van der Waals surface area contributed by atoms with Crippen LogP contribution >= 0.6 is 23.2 Å². The predicted molar refractivity (Wildman–Crippen MR) is 125 cm³/mol. The van der Waals surface area contributed by atoms with E-state index >= 15 is 0 Å². The third-order valence-electron chi connectivity index (χ3n) is 5.39. The maximum atomic E-state index is 13.2. The van der Waals surface area contributed by atoms with Crippen molar-refractivity contribution in [2.75, 3.05) is 13.7 Å². The number of carbonyl (C=O) groups excluding carboxylic acids is 2. The first-order chi connectivity index (χ1) is 14.6. The molecule has 164 valence electrons. The minimum atomic E-state index is -0.518. The van der Waals surface area contributed by atoms with Crippen LogP contribution in [0.1, 0.15) is 37.7 Å². The van der Waals surface area contributed by atoms with Gasteiger partial charge in [0.1, 0.15) is 0 Å². The van der Waals surface area contributed by atoms with E-state index in [1.807, 2.05) is 50.5 Å². The summed E-state index contributed by atoms with van der Waals surface area (Å²) in [5.74, 6) is -0.459. The lowest BCUT2D eigenvalue weighted by molar-refractivity contribution is -0.136. The lowest BCUT2D eigenvalue weighted by Gasteiger charge is -2.19. The molecule has 2 aromatic rings. The van der Waals surface area contributed by atoms with Crippen LogP contribution in [0, 0.1) is 19.8 Å². The number of rotatable bonds is 5. The summed E-state index contributed by atoms with van der Waals surface area (Å²) in [5.41, 5.74) is 4.64. The number of esters is 1. The molecule has 1 aliphatic heterocycles. The Balaban J connectivity index is 2.15. The number of amides is 1. The molecule has 0 atom stereocenters. The van der Waals surface area contributed by atoms with Crippen LogP contribution < -0.4 is 0 Å². The zero-order valence-corrected chi connectivity index (χ0v) is 20.1. The van der Waals surface area contributed by atoms with Gasteiger partial charge in [-0.1, -0.05) is 43.1 Å². The molecule has 1 aliphatic rings. The third kappa shape index (κ3) is 4.17. The Morgan fingerprint density at radius 1 is 1.19 bits per heavy atom. The van der Waals surface area contributed by atoms with Gasteiger partial charge in [-0.25, -0.2) is 4.79 Å². The molecule has 0 saturated carbocycles. The van der Waals surface area contributed by atoms with Crippen molar-refractivity contribution < 1.29 is 14.3 Å². The van der Waals surface area contributed by atoms with Crippen LogP contribution in [0.15, 0.2) is 41.1 Å². The van der Waals surface area contributed by atoms with E-state index in [-0.39, 0.29) is 11.8 Å². The number of methoxy groups -OCH3 is 1. The molecule has 1 aromatic carbocycles. The Bertz CT molecular complexity index is 1130. The molecular weight excluding hydrogens is 435 g/mol. The van der Waals surface area contributed by atoms with Crippen LogP contribution in [-0.4, -0.2) is 35.0 Å². The van der Waals surface area contributed by atoms with E-state index in [0.717, 1.165) is 22.6 Å². The number of benzene rings is 1. The van der Waals surface area contributed by atoms with Gasteiger partial charge in [0, 0.05) is 23.6 Å². The third-order valence-corrected chi connectivity index (χ3v) is 6.20. The van der Waals surface area contributed by atoms with Gasteiger partial charge in [0.05, 0.1) is 34.0 Å². The van der Waals surface area contributed by atoms with Gasteiger partial charge in [-0.15, -0.1) is 0 Å². The van der Waals surface area contributed by atoms with Crippen molar-refractivity contribution in [3.63, 3.8) is 0 Å². The van der Waals surface area contributed by atoms with Gasteiger partial charge < -0.3 is 14.2 Å². The van der Waals surface area contributed by atoms with Crippen molar-refractivity contribution in [3.05, 3.63) is 68.1 Å². The largest absolute Gasteiger partial charge is 0.465 e. The van der Waals surface area contributed by atoms with E-state index in [4.69, 9.17) is 27.9 Å². The van der Waals surface area contributed by atoms with Crippen LogP contribution in [0.5, 0.6) is 0 Å². The van der Waals surface area contributed by atoms with E-state index in [0.29, 0.717) is 33.4 Å². The standard InChI is InChI=1S/C24H26Cl2N2O3/c1-13(2)12-27-16(5)21(24(30)31-6)18(23(27)29)11-17-10-14(3)28(15(17)4)20-9-7-8-19(25)22(20)26/h7-11,13H,12H2,1-6H3. The van der Waals surface area contributed by atoms with Crippen LogP contribution in [0.4, 0.5) is 0 Å². The number of hydrogen-bond acceptors (Lipinski definition) is 3. The monoisotopic (exact) mass is 460 g/mol. The summed E-state index contributed by atoms with van der Waals surface area (Å²) in [6.07, 6.45) is 1.76. The molecule has 0 aliphatic carbocycles. The summed E-state index contributed by atoms with van der Waals surface area (Å²) in [5, 5.41) is 0.921. The molecule has 0 fully saturated rings. The van der Waals surface area contributed by atoms with Crippen molar-refractivity contribution >= 4 is 41.2 Å². The number of nitrogens with zero attached hydrogens (tertiary/aromatic N) is 2.